The Morgan fingerprint density at radius 1 is 0.879 bits per heavy atom. The smallest absolute Gasteiger partial charge is 0.161 e. The summed E-state index contributed by atoms with van der Waals surface area (Å²) >= 11 is 0. The molecule has 0 aliphatic rings. The van der Waals surface area contributed by atoms with Crippen molar-refractivity contribution >= 4 is 11.0 Å². The van der Waals surface area contributed by atoms with Gasteiger partial charge < -0.3 is 18.8 Å². The van der Waals surface area contributed by atoms with E-state index in [1.807, 2.05) is 42.5 Å². The maximum Gasteiger partial charge on any atom is 0.161 e. The van der Waals surface area contributed by atoms with Crippen molar-refractivity contribution in [2.24, 2.45) is 0 Å². The third-order valence-electron chi connectivity index (χ3n) is 5.73. The lowest BCUT2D eigenvalue weighted by atomic mass is 10.0. The molecule has 0 saturated carbocycles. The average molecular weight is 445 g/mol. The number of nitrogens with zero attached hydrogens (tertiary/aromatic N) is 2. The number of aryl methyl sites for hydroxylation is 2. The molecule has 4 rings (SSSR count). The summed E-state index contributed by atoms with van der Waals surface area (Å²) in [4.78, 5) is 4.87. The summed E-state index contributed by atoms with van der Waals surface area (Å²) in [7, 11) is 1.66. The number of benzene rings is 3. The molecular weight excluding hydrogens is 412 g/mol. The van der Waals surface area contributed by atoms with Gasteiger partial charge in [-0.3, -0.25) is 0 Å². The molecule has 4 aromatic rings. The number of methoxy groups -OCH3 is 1. The minimum Gasteiger partial charge on any atom is -0.493 e. The topological polar surface area (TPSA) is 45.5 Å². The predicted octanol–water partition coefficient (Wildman–Crippen LogP) is 6.52. The summed E-state index contributed by atoms with van der Waals surface area (Å²) in [5.41, 5.74) is 4.50. The summed E-state index contributed by atoms with van der Waals surface area (Å²) in [6.07, 6.45) is 0.840. The van der Waals surface area contributed by atoms with E-state index in [4.69, 9.17) is 19.2 Å². The molecule has 0 aliphatic carbocycles. The summed E-state index contributed by atoms with van der Waals surface area (Å²) < 4.78 is 19.9. The summed E-state index contributed by atoms with van der Waals surface area (Å²) in [6.45, 7) is 8.27. The van der Waals surface area contributed by atoms with Crippen molar-refractivity contribution in [2.45, 2.75) is 46.3 Å². The summed E-state index contributed by atoms with van der Waals surface area (Å²) in [6, 6.07) is 22.4. The van der Waals surface area contributed by atoms with Crippen molar-refractivity contribution in [3.05, 3.63) is 83.7 Å². The number of aromatic nitrogens is 2. The minimum absolute atomic E-state index is 0.395. The van der Waals surface area contributed by atoms with Gasteiger partial charge in [0.2, 0.25) is 0 Å². The first-order valence-corrected chi connectivity index (χ1v) is 11.5. The van der Waals surface area contributed by atoms with E-state index in [1.165, 1.54) is 11.1 Å². The van der Waals surface area contributed by atoms with Crippen LogP contribution in [-0.4, -0.2) is 23.3 Å². The van der Waals surface area contributed by atoms with Gasteiger partial charge in [-0.25, -0.2) is 4.98 Å². The fourth-order valence-corrected chi connectivity index (χ4v) is 4.01. The van der Waals surface area contributed by atoms with Crippen LogP contribution in [0.15, 0.2) is 66.7 Å². The molecule has 0 aliphatic heterocycles. The predicted molar refractivity (Wildman–Crippen MR) is 132 cm³/mol. The maximum absolute atomic E-state index is 6.31. The Kier molecular flexibility index (Phi) is 7.18. The highest BCUT2D eigenvalue weighted by atomic mass is 16.5. The van der Waals surface area contributed by atoms with Crippen molar-refractivity contribution in [1.29, 1.82) is 0 Å². The van der Waals surface area contributed by atoms with E-state index in [2.05, 4.69) is 49.6 Å². The molecule has 5 nitrogen and oxygen atoms in total. The van der Waals surface area contributed by atoms with Crippen LogP contribution < -0.4 is 14.2 Å². The molecule has 0 bridgehead atoms. The fraction of sp³-hybridized carbons (Fsp3) is 0.321. The van der Waals surface area contributed by atoms with Gasteiger partial charge >= 0.3 is 0 Å². The van der Waals surface area contributed by atoms with Crippen LogP contribution in [0.2, 0.25) is 0 Å². The van der Waals surface area contributed by atoms with Crippen LogP contribution in [0.4, 0.5) is 0 Å². The Balaban J connectivity index is 1.49. The lowest BCUT2D eigenvalue weighted by Crippen LogP contribution is -2.11. The van der Waals surface area contributed by atoms with E-state index >= 15 is 0 Å². The molecule has 0 amide bonds. The molecular formula is C28H32N2O3. The molecule has 1 aromatic heterocycles. The first-order chi connectivity index (χ1) is 16.1. The largest absolute Gasteiger partial charge is 0.493 e. The SMILES string of the molecule is COc1ccccc1OCCCn1c(COc2cc(C)ccc2C(C)C)nc2ccccc21. The zero-order chi connectivity index (χ0) is 23.2. The van der Waals surface area contributed by atoms with Gasteiger partial charge in [0.25, 0.3) is 0 Å². The second-order valence-corrected chi connectivity index (χ2v) is 8.51. The molecule has 0 radical (unpaired) electrons. The Morgan fingerprint density at radius 2 is 1.64 bits per heavy atom. The maximum atomic E-state index is 6.31. The van der Waals surface area contributed by atoms with E-state index in [0.29, 0.717) is 19.1 Å². The average Bonchev–Trinajstić information content (AvgIpc) is 3.18. The molecule has 0 N–H and O–H groups in total. The third-order valence-corrected chi connectivity index (χ3v) is 5.73. The first-order valence-electron chi connectivity index (χ1n) is 11.5. The number of imidazole rings is 1. The zero-order valence-electron chi connectivity index (χ0n) is 19.9. The number of ether oxygens (including phenoxy) is 3. The summed E-state index contributed by atoms with van der Waals surface area (Å²) in [5, 5.41) is 0. The number of rotatable bonds is 10. The Hall–Kier alpha value is -3.47. The van der Waals surface area contributed by atoms with Crippen molar-refractivity contribution < 1.29 is 14.2 Å². The highest BCUT2D eigenvalue weighted by Crippen LogP contribution is 2.29. The van der Waals surface area contributed by atoms with Gasteiger partial charge in [-0.05, 0) is 60.7 Å². The Bertz CT molecular complexity index is 1210. The number of hydrogen-bond donors (Lipinski definition) is 0. The van der Waals surface area contributed by atoms with E-state index in [9.17, 15) is 0 Å². The quantitative estimate of drug-likeness (QED) is 0.261. The molecule has 172 valence electrons. The number of para-hydroxylation sites is 4. The zero-order valence-corrected chi connectivity index (χ0v) is 19.9. The van der Waals surface area contributed by atoms with Gasteiger partial charge in [-0.1, -0.05) is 50.2 Å². The molecule has 0 saturated heterocycles. The van der Waals surface area contributed by atoms with Crippen LogP contribution >= 0.6 is 0 Å². The van der Waals surface area contributed by atoms with Crippen LogP contribution in [-0.2, 0) is 13.2 Å². The highest BCUT2D eigenvalue weighted by Gasteiger charge is 2.14. The lowest BCUT2D eigenvalue weighted by molar-refractivity contribution is 0.271. The number of hydrogen-bond acceptors (Lipinski definition) is 4. The van der Waals surface area contributed by atoms with E-state index in [1.54, 1.807) is 7.11 Å². The molecule has 0 atom stereocenters. The van der Waals surface area contributed by atoms with Gasteiger partial charge in [0.05, 0.1) is 24.8 Å². The van der Waals surface area contributed by atoms with E-state index in [0.717, 1.165) is 47.1 Å². The van der Waals surface area contributed by atoms with Crippen LogP contribution in [0.25, 0.3) is 11.0 Å². The van der Waals surface area contributed by atoms with Gasteiger partial charge in [0.1, 0.15) is 18.2 Å². The molecule has 0 unspecified atom stereocenters. The molecule has 0 fully saturated rings. The van der Waals surface area contributed by atoms with Gasteiger partial charge in [0.15, 0.2) is 11.5 Å². The molecule has 0 spiro atoms. The first kappa shape index (κ1) is 22.7. The Labute approximate surface area is 195 Å². The number of fused-ring (bicyclic) bond motifs is 1. The van der Waals surface area contributed by atoms with Crippen molar-refractivity contribution in [3.8, 4) is 17.2 Å². The highest BCUT2D eigenvalue weighted by molar-refractivity contribution is 5.75. The van der Waals surface area contributed by atoms with Gasteiger partial charge in [-0.15, -0.1) is 0 Å². The molecule has 3 aromatic carbocycles. The van der Waals surface area contributed by atoms with Crippen molar-refractivity contribution in [1.82, 2.24) is 9.55 Å². The molecule has 33 heavy (non-hydrogen) atoms. The van der Waals surface area contributed by atoms with Crippen molar-refractivity contribution in [2.75, 3.05) is 13.7 Å². The standard InChI is InChI=1S/C28H32N2O3/c1-20(2)22-15-14-21(3)18-27(22)33-19-28-29-23-10-5-6-11-24(23)30(28)16-9-17-32-26-13-8-7-12-25(26)31-4/h5-8,10-15,18,20H,9,16-17,19H2,1-4H3. The minimum atomic E-state index is 0.395. The second-order valence-electron chi connectivity index (χ2n) is 8.51. The van der Waals surface area contributed by atoms with E-state index < -0.39 is 0 Å². The molecule has 5 heteroatoms. The van der Waals surface area contributed by atoms with Crippen LogP contribution in [0.5, 0.6) is 17.2 Å². The fourth-order valence-electron chi connectivity index (χ4n) is 4.01. The van der Waals surface area contributed by atoms with Crippen molar-refractivity contribution in [3.63, 3.8) is 0 Å². The lowest BCUT2D eigenvalue weighted by Gasteiger charge is -2.16. The van der Waals surface area contributed by atoms with Gasteiger partial charge in [0, 0.05) is 6.54 Å². The van der Waals surface area contributed by atoms with Crippen LogP contribution in [0.1, 0.15) is 43.1 Å². The monoisotopic (exact) mass is 444 g/mol. The summed E-state index contributed by atoms with van der Waals surface area (Å²) in [5.74, 6) is 3.76. The molecule has 1 heterocycles. The van der Waals surface area contributed by atoms with Gasteiger partial charge in [-0.2, -0.15) is 0 Å². The Morgan fingerprint density at radius 3 is 2.42 bits per heavy atom. The second kappa shape index (κ2) is 10.4. The van der Waals surface area contributed by atoms with Crippen LogP contribution in [0, 0.1) is 6.92 Å². The van der Waals surface area contributed by atoms with Crippen LogP contribution in [0.3, 0.4) is 0 Å². The normalized spacial score (nSPS) is 11.2. The van der Waals surface area contributed by atoms with E-state index in [-0.39, 0.29) is 0 Å². The third kappa shape index (κ3) is 5.30.